The molecular weight excluding hydrogens is 432 g/mol. The van der Waals surface area contributed by atoms with Crippen LogP contribution in [0.5, 0.6) is 11.5 Å². The summed E-state index contributed by atoms with van der Waals surface area (Å²) >= 11 is 0. The van der Waals surface area contributed by atoms with E-state index in [1.807, 2.05) is 26.0 Å². The van der Waals surface area contributed by atoms with Gasteiger partial charge in [0.25, 0.3) is 5.91 Å². The summed E-state index contributed by atoms with van der Waals surface area (Å²) in [4.78, 5) is 27.8. The van der Waals surface area contributed by atoms with Gasteiger partial charge in [-0.3, -0.25) is 9.59 Å². The van der Waals surface area contributed by atoms with Crippen LogP contribution in [0.3, 0.4) is 0 Å². The molecule has 0 radical (unpaired) electrons. The Bertz CT molecular complexity index is 1100. The molecule has 0 fully saturated rings. The second-order valence-corrected chi connectivity index (χ2v) is 9.80. The zero-order valence-electron chi connectivity index (χ0n) is 18.5. The van der Waals surface area contributed by atoms with Crippen molar-refractivity contribution < 1.29 is 27.5 Å². The molecule has 172 valence electrons. The SMILES string of the molecule is CCOc1ccc(OCC)c(NC(=O)[C@H](CCS(C)(=O)=O)N2Cc3ccccc3C2=O)c1. The molecule has 2 aromatic carbocycles. The quantitative estimate of drug-likeness (QED) is 0.585. The van der Waals surface area contributed by atoms with E-state index in [1.54, 1.807) is 30.3 Å². The fraction of sp³-hybridized carbons (Fsp3) is 0.391. The van der Waals surface area contributed by atoms with Gasteiger partial charge in [-0.2, -0.15) is 0 Å². The molecule has 0 saturated carbocycles. The molecule has 0 spiro atoms. The van der Waals surface area contributed by atoms with Gasteiger partial charge >= 0.3 is 0 Å². The Hall–Kier alpha value is -3.07. The van der Waals surface area contributed by atoms with Crippen molar-refractivity contribution in [2.45, 2.75) is 32.9 Å². The first-order chi connectivity index (χ1) is 15.2. The van der Waals surface area contributed by atoms with Crippen molar-refractivity contribution in [2.24, 2.45) is 0 Å². The third-order valence-corrected chi connectivity index (χ3v) is 6.09. The van der Waals surface area contributed by atoms with Crippen LogP contribution in [0.15, 0.2) is 42.5 Å². The standard InChI is InChI=1S/C23H28N2O6S/c1-4-30-17-10-11-21(31-5-2)19(14-17)24-22(26)20(12-13-32(3,28)29)25-15-16-8-6-7-9-18(16)23(25)27/h6-11,14,20H,4-5,12-13,15H2,1-3H3,(H,24,26)/t20-/m0/s1. The van der Waals surface area contributed by atoms with Gasteiger partial charge in [0.05, 0.1) is 24.7 Å². The van der Waals surface area contributed by atoms with Crippen molar-refractivity contribution in [1.82, 2.24) is 4.90 Å². The summed E-state index contributed by atoms with van der Waals surface area (Å²) in [5.41, 5.74) is 1.73. The van der Waals surface area contributed by atoms with Crippen LogP contribution in [-0.2, 0) is 21.2 Å². The van der Waals surface area contributed by atoms with Crippen LogP contribution in [0.2, 0.25) is 0 Å². The highest BCUT2D eigenvalue weighted by atomic mass is 32.2. The van der Waals surface area contributed by atoms with Gasteiger partial charge in [0.1, 0.15) is 27.4 Å². The molecule has 32 heavy (non-hydrogen) atoms. The molecule has 1 aliphatic rings. The van der Waals surface area contributed by atoms with Crippen LogP contribution in [0, 0.1) is 0 Å². The number of sulfone groups is 1. The number of fused-ring (bicyclic) bond motifs is 1. The third-order valence-electron chi connectivity index (χ3n) is 5.11. The number of hydrogen-bond donors (Lipinski definition) is 1. The summed E-state index contributed by atoms with van der Waals surface area (Å²) in [6.45, 7) is 4.78. The van der Waals surface area contributed by atoms with E-state index in [4.69, 9.17) is 9.47 Å². The maximum atomic E-state index is 13.3. The largest absolute Gasteiger partial charge is 0.494 e. The Morgan fingerprint density at radius 2 is 1.84 bits per heavy atom. The molecule has 1 N–H and O–H groups in total. The molecule has 1 aliphatic heterocycles. The first kappa shape index (κ1) is 23.6. The van der Waals surface area contributed by atoms with Crippen LogP contribution >= 0.6 is 0 Å². The first-order valence-corrected chi connectivity index (χ1v) is 12.6. The number of nitrogens with zero attached hydrogens (tertiary/aromatic N) is 1. The summed E-state index contributed by atoms with van der Waals surface area (Å²) in [5.74, 6) is 0.0280. The fourth-order valence-electron chi connectivity index (χ4n) is 3.64. The van der Waals surface area contributed by atoms with Crippen LogP contribution in [0.4, 0.5) is 5.69 Å². The third kappa shape index (κ3) is 5.59. The number of amides is 2. The lowest BCUT2D eigenvalue weighted by atomic mass is 10.1. The number of benzene rings is 2. The number of rotatable bonds is 10. The van der Waals surface area contributed by atoms with Gasteiger partial charge in [-0.15, -0.1) is 0 Å². The van der Waals surface area contributed by atoms with Gasteiger partial charge < -0.3 is 19.7 Å². The molecular formula is C23H28N2O6S. The lowest BCUT2D eigenvalue weighted by Gasteiger charge is -2.27. The van der Waals surface area contributed by atoms with E-state index in [1.165, 1.54) is 4.90 Å². The molecule has 0 saturated heterocycles. The molecule has 8 nitrogen and oxygen atoms in total. The number of nitrogens with one attached hydrogen (secondary N) is 1. The molecule has 2 amide bonds. The molecule has 1 heterocycles. The minimum absolute atomic E-state index is 0.0144. The second-order valence-electron chi connectivity index (χ2n) is 7.54. The Kier molecular flexibility index (Phi) is 7.40. The first-order valence-electron chi connectivity index (χ1n) is 10.5. The molecule has 1 atom stereocenters. The highest BCUT2D eigenvalue weighted by Crippen LogP contribution is 2.31. The molecule has 9 heteroatoms. The van der Waals surface area contributed by atoms with Crippen LogP contribution in [0.25, 0.3) is 0 Å². The lowest BCUT2D eigenvalue weighted by Crippen LogP contribution is -2.45. The summed E-state index contributed by atoms with van der Waals surface area (Å²) < 4.78 is 34.8. The van der Waals surface area contributed by atoms with Crippen LogP contribution in [-0.4, -0.2) is 56.4 Å². The topological polar surface area (TPSA) is 102 Å². The van der Waals surface area contributed by atoms with Gasteiger partial charge in [0.15, 0.2) is 0 Å². The summed E-state index contributed by atoms with van der Waals surface area (Å²) in [6, 6.07) is 11.3. The predicted octanol–water partition coefficient (Wildman–Crippen LogP) is 2.88. The zero-order chi connectivity index (χ0) is 23.3. The van der Waals surface area contributed by atoms with E-state index in [0.717, 1.165) is 11.8 Å². The highest BCUT2D eigenvalue weighted by molar-refractivity contribution is 7.90. The van der Waals surface area contributed by atoms with Crippen molar-refractivity contribution >= 4 is 27.3 Å². The van der Waals surface area contributed by atoms with Gasteiger partial charge in [0.2, 0.25) is 5.91 Å². The summed E-state index contributed by atoms with van der Waals surface area (Å²) in [7, 11) is -3.33. The van der Waals surface area contributed by atoms with Gasteiger partial charge in [-0.1, -0.05) is 18.2 Å². The van der Waals surface area contributed by atoms with Crippen LogP contribution in [0.1, 0.15) is 36.2 Å². The molecule has 0 aliphatic carbocycles. The average molecular weight is 461 g/mol. The zero-order valence-corrected chi connectivity index (χ0v) is 19.3. The van der Waals surface area contributed by atoms with E-state index in [-0.39, 0.29) is 24.6 Å². The maximum absolute atomic E-state index is 13.3. The monoisotopic (exact) mass is 460 g/mol. The molecule has 2 aromatic rings. The van der Waals surface area contributed by atoms with Gasteiger partial charge in [0, 0.05) is 24.4 Å². The Morgan fingerprint density at radius 1 is 1.12 bits per heavy atom. The lowest BCUT2D eigenvalue weighted by molar-refractivity contribution is -0.120. The molecule has 0 unspecified atom stereocenters. The van der Waals surface area contributed by atoms with Gasteiger partial charge in [-0.25, -0.2) is 8.42 Å². The van der Waals surface area contributed by atoms with E-state index >= 15 is 0 Å². The van der Waals surface area contributed by atoms with E-state index in [2.05, 4.69) is 5.32 Å². The van der Waals surface area contributed by atoms with Gasteiger partial charge in [-0.05, 0) is 44.0 Å². The summed E-state index contributed by atoms with van der Waals surface area (Å²) in [6.07, 6.45) is 1.10. The Morgan fingerprint density at radius 3 is 2.50 bits per heavy atom. The molecule has 3 rings (SSSR count). The van der Waals surface area contributed by atoms with Crippen molar-refractivity contribution in [3.63, 3.8) is 0 Å². The summed E-state index contributed by atoms with van der Waals surface area (Å²) in [5, 5.41) is 2.82. The van der Waals surface area contributed by atoms with Crippen molar-refractivity contribution in [3.05, 3.63) is 53.6 Å². The van der Waals surface area contributed by atoms with Crippen molar-refractivity contribution in [1.29, 1.82) is 0 Å². The average Bonchev–Trinajstić information content (AvgIpc) is 3.06. The number of hydrogen-bond acceptors (Lipinski definition) is 6. The normalized spacial score (nSPS) is 14.1. The molecule has 0 bridgehead atoms. The minimum Gasteiger partial charge on any atom is -0.494 e. The number of anilines is 1. The predicted molar refractivity (Wildman–Crippen MR) is 122 cm³/mol. The highest BCUT2D eigenvalue weighted by Gasteiger charge is 2.36. The Labute approximate surface area is 188 Å². The number of carbonyl (C=O) groups is 2. The second kappa shape index (κ2) is 10.0. The minimum atomic E-state index is -3.33. The van der Waals surface area contributed by atoms with Crippen molar-refractivity contribution in [2.75, 3.05) is 30.5 Å². The smallest absolute Gasteiger partial charge is 0.255 e. The van der Waals surface area contributed by atoms with Crippen molar-refractivity contribution in [3.8, 4) is 11.5 Å². The fourth-order valence-corrected chi connectivity index (χ4v) is 4.29. The van der Waals surface area contributed by atoms with E-state index < -0.39 is 21.8 Å². The van der Waals surface area contributed by atoms with E-state index in [9.17, 15) is 18.0 Å². The number of ether oxygens (including phenoxy) is 2. The molecule has 0 aromatic heterocycles. The van der Waals surface area contributed by atoms with Crippen LogP contribution < -0.4 is 14.8 Å². The maximum Gasteiger partial charge on any atom is 0.255 e. The Balaban J connectivity index is 1.89. The van der Waals surface area contributed by atoms with E-state index in [0.29, 0.717) is 36.0 Å². The number of carbonyl (C=O) groups excluding carboxylic acids is 2.